The lowest BCUT2D eigenvalue weighted by Gasteiger charge is -2.12. The van der Waals surface area contributed by atoms with E-state index in [1.165, 1.54) is 4.68 Å². The van der Waals surface area contributed by atoms with E-state index in [1.54, 1.807) is 11.6 Å². The Bertz CT molecular complexity index is 1240. The van der Waals surface area contributed by atoms with Gasteiger partial charge in [0.2, 0.25) is 5.91 Å². The van der Waals surface area contributed by atoms with Crippen LogP contribution in [0.1, 0.15) is 26.0 Å². The van der Waals surface area contributed by atoms with Crippen LogP contribution in [0.5, 0.6) is 0 Å². The highest BCUT2D eigenvalue weighted by Gasteiger charge is 2.22. The van der Waals surface area contributed by atoms with Crippen LogP contribution in [-0.2, 0) is 11.3 Å². The molecule has 1 atom stereocenters. The fourth-order valence-corrected chi connectivity index (χ4v) is 3.39. The Balaban J connectivity index is 1.92. The Kier molecular flexibility index (Phi) is 5.22. The van der Waals surface area contributed by atoms with Crippen LogP contribution in [-0.4, -0.2) is 36.1 Å². The molecule has 4 rings (SSSR count). The summed E-state index contributed by atoms with van der Waals surface area (Å²) in [6, 6.07) is 13.4. The summed E-state index contributed by atoms with van der Waals surface area (Å²) in [5.41, 5.74) is 1.59. The molecule has 0 unspecified atom stereocenters. The molecule has 3 aromatic heterocycles. The number of fused-ring (bicyclic) bond motifs is 1. The zero-order chi connectivity index (χ0) is 21.3. The van der Waals surface area contributed by atoms with Crippen molar-refractivity contribution < 1.29 is 4.79 Å². The molecular weight excluding hydrogens is 380 g/mol. The number of para-hydroxylation sites is 1. The monoisotopic (exact) mass is 404 g/mol. The SMILES string of the molecule is CC[C@H](C)NC(=O)Cn1nc(C)c2nn(-c3ccccc3)c(-n3cccc3)c2c1=O. The number of carbonyl (C=O) groups excluding carboxylic acids is 1. The van der Waals surface area contributed by atoms with Gasteiger partial charge in [0.1, 0.15) is 17.4 Å². The number of aryl methyl sites for hydroxylation is 1. The molecule has 0 fully saturated rings. The molecule has 1 amide bonds. The predicted octanol–water partition coefficient (Wildman–Crippen LogP) is 2.60. The van der Waals surface area contributed by atoms with E-state index >= 15 is 0 Å². The van der Waals surface area contributed by atoms with Gasteiger partial charge in [-0.05, 0) is 44.5 Å². The smallest absolute Gasteiger partial charge is 0.280 e. The Labute approximate surface area is 173 Å². The second-order valence-electron chi connectivity index (χ2n) is 7.31. The van der Waals surface area contributed by atoms with E-state index in [9.17, 15) is 9.59 Å². The number of aromatic nitrogens is 5. The zero-order valence-corrected chi connectivity index (χ0v) is 17.2. The zero-order valence-electron chi connectivity index (χ0n) is 17.2. The summed E-state index contributed by atoms with van der Waals surface area (Å²) in [6.07, 6.45) is 4.55. The first-order chi connectivity index (χ1) is 14.5. The predicted molar refractivity (Wildman–Crippen MR) is 115 cm³/mol. The summed E-state index contributed by atoms with van der Waals surface area (Å²) in [5, 5.41) is 12.4. The minimum atomic E-state index is -0.346. The molecule has 3 heterocycles. The van der Waals surface area contributed by atoms with Gasteiger partial charge < -0.3 is 9.88 Å². The van der Waals surface area contributed by atoms with Crippen LogP contribution in [0.4, 0.5) is 0 Å². The highest BCUT2D eigenvalue weighted by molar-refractivity contribution is 5.88. The van der Waals surface area contributed by atoms with Crippen molar-refractivity contribution in [3.63, 3.8) is 0 Å². The van der Waals surface area contributed by atoms with E-state index in [0.717, 1.165) is 12.1 Å². The fourth-order valence-electron chi connectivity index (χ4n) is 3.39. The lowest BCUT2D eigenvalue weighted by Crippen LogP contribution is -2.38. The Morgan fingerprint density at radius 2 is 1.80 bits per heavy atom. The normalized spacial score (nSPS) is 12.2. The summed E-state index contributed by atoms with van der Waals surface area (Å²) >= 11 is 0. The van der Waals surface area contributed by atoms with Crippen LogP contribution in [0.15, 0.2) is 59.7 Å². The van der Waals surface area contributed by atoms with Gasteiger partial charge in [0.25, 0.3) is 5.56 Å². The van der Waals surface area contributed by atoms with Gasteiger partial charge >= 0.3 is 0 Å². The first-order valence-electron chi connectivity index (χ1n) is 9.98. The number of rotatable bonds is 6. The second kappa shape index (κ2) is 7.98. The molecule has 0 aliphatic carbocycles. The van der Waals surface area contributed by atoms with Crippen molar-refractivity contribution in [3.8, 4) is 11.5 Å². The van der Waals surface area contributed by atoms with Gasteiger partial charge in [-0.25, -0.2) is 9.36 Å². The summed E-state index contributed by atoms with van der Waals surface area (Å²) in [7, 11) is 0. The number of nitrogens with one attached hydrogen (secondary N) is 1. The maximum absolute atomic E-state index is 13.4. The minimum Gasteiger partial charge on any atom is -0.352 e. The molecule has 1 aromatic carbocycles. The standard InChI is InChI=1S/C22H24N6O2/c1-4-15(2)23-18(29)14-27-22(30)19-20(16(3)24-27)25-28(17-10-6-5-7-11-17)21(19)26-12-8-9-13-26/h5-13,15H,4,14H2,1-3H3,(H,23,29)/t15-/m0/s1. The van der Waals surface area contributed by atoms with Crippen molar-refractivity contribution >= 4 is 16.8 Å². The largest absolute Gasteiger partial charge is 0.352 e. The van der Waals surface area contributed by atoms with Gasteiger partial charge in [-0.3, -0.25) is 9.59 Å². The maximum atomic E-state index is 13.4. The van der Waals surface area contributed by atoms with E-state index in [4.69, 9.17) is 5.10 Å². The van der Waals surface area contributed by atoms with Crippen molar-refractivity contribution in [2.45, 2.75) is 39.8 Å². The second-order valence-corrected chi connectivity index (χ2v) is 7.31. The van der Waals surface area contributed by atoms with Crippen LogP contribution < -0.4 is 10.9 Å². The van der Waals surface area contributed by atoms with Crippen LogP contribution >= 0.6 is 0 Å². The van der Waals surface area contributed by atoms with E-state index in [2.05, 4.69) is 10.4 Å². The van der Waals surface area contributed by atoms with Crippen LogP contribution in [0.25, 0.3) is 22.4 Å². The Morgan fingerprint density at radius 1 is 1.10 bits per heavy atom. The topological polar surface area (TPSA) is 86.7 Å². The quantitative estimate of drug-likeness (QED) is 0.535. The molecule has 154 valence electrons. The molecule has 8 nitrogen and oxygen atoms in total. The number of hydrogen-bond donors (Lipinski definition) is 1. The summed E-state index contributed by atoms with van der Waals surface area (Å²) in [4.78, 5) is 25.8. The summed E-state index contributed by atoms with van der Waals surface area (Å²) < 4.78 is 4.82. The van der Waals surface area contributed by atoms with E-state index in [-0.39, 0.29) is 24.1 Å². The van der Waals surface area contributed by atoms with Crippen LogP contribution in [0.3, 0.4) is 0 Å². The van der Waals surface area contributed by atoms with Crippen LogP contribution in [0, 0.1) is 6.92 Å². The Hall–Kier alpha value is -3.68. The molecule has 0 aliphatic rings. The first kappa shape index (κ1) is 19.6. The lowest BCUT2D eigenvalue weighted by atomic mass is 10.2. The molecule has 30 heavy (non-hydrogen) atoms. The van der Waals surface area contributed by atoms with Crippen molar-refractivity contribution in [1.82, 2.24) is 29.4 Å². The molecule has 0 radical (unpaired) electrons. The van der Waals surface area contributed by atoms with E-state index < -0.39 is 0 Å². The van der Waals surface area contributed by atoms with E-state index in [1.807, 2.05) is 73.3 Å². The summed E-state index contributed by atoms with van der Waals surface area (Å²) in [6.45, 7) is 5.58. The average Bonchev–Trinajstić information content (AvgIpc) is 3.40. The molecule has 0 spiro atoms. The van der Waals surface area contributed by atoms with Crippen LogP contribution in [0.2, 0.25) is 0 Å². The molecule has 0 bridgehead atoms. The molecule has 0 aliphatic heterocycles. The molecular formula is C22H24N6O2. The number of amides is 1. The minimum absolute atomic E-state index is 0.0364. The number of benzene rings is 1. The fraction of sp³-hybridized carbons (Fsp3) is 0.273. The number of carbonyl (C=O) groups is 1. The third-order valence-electron chi connectivity index (χ3n) is 5.09. The van der Waals surface area contributed by atoms with Crippen molar-refractivity contribution in [2.24, 2.45) is 0 Å². The molecule has 4 aromatic rings. The lowest BCUT2D eigenvalue weighted by molar-refractivity contribution is -0.122. The number of nitrogens with zero attached hydrogens (tertiary/aromatic N) is 5. The highest BCUT2D eigenvalue weighted by Crippen LogP contribution is 2.24. The average molecular weight is 404 g/mol. The van der Waals surface area contributed by atoms with Crippen molar-refractivity contribution in [2.75, 3.05) is 0 Å². The van der Waals surface area contributed by atoms with Gasteiger partial charge in [0.15, 0.2) is 5.82 Å². The maximum Gasteiger partial charge on any atom is 0.280 e. The van der Waals surface area contributed by atoms with E-state index in [0.29, 0.717) is 22.4 Å². The molecule has 0 saturated heterocycles. The Morgan fingerprint density at radius 3 is 2.47 bits per heavy atom. The van der Waals surface area contributed by atoms with Gasteiger partial charge in [-0.15, -0.1) is 0 Å². The molecule has 8 heteroatoms. The number of hydrogen-bond acceptors (Lipinski definition) is 4. The highest BCUT2D eigenvalue weighted by atomic mass is 16.2. The van der Waals surface area contributed by atoms with Gasteiger partial charge in [-0.1, -0.05) is 25.1 Å². The first-order valence-corrected chi connectivity index (χ1v) is 9.98. The third kappa shape index (κ3) is 3.52. The van der Waals surface area contributed by atoms with Crippen molar-refractivity contribution in [1.29, 1.82) is 0 Å². The molecule has 1 N–H and O–H groups in total. The molecule has 0 saturated carbocycles. The van der Waals surface area contributed by atoms with Gasteiger partial charge in [0.05, 0.1) is 11.4 Å². The van der Waals surface area contributed by atoms with Gasteiger partial charge in [-0.2, -0.15) is 10.2 Å². The van der Waals surface area contributed by atoms with Crippen molar-refractivity contribution in [3.05, 3.63) is 70.9 Å². The van der Waals surface area contributed by atoms with Gasteiger partial charge in [0, 0.05) is 18.4 Å². The summed E-state index contributed by atoms with van der Waals surface area (Å²) in [5.74, 6) is 0.378. The third-order valence-corrected chi connectivity index (χ3v) is 5.09.